The van der Waals surface area contributed by atoms with Crippen LogP contribution in [0.3, 0.4) is 0 Å². The monoisotopic (exact) mass is 405 g/mol. The van der Waals surface area contributed by atoms with Crippen LogP contribution in [-0.2, 0) is 19.3 Å². The number of hydrogen-bond acceptors (Lipinski definition) is 1. The molecule has 0 aromatic heterocycles. The second-order valence-corrected chi connectivity index (χ2v) is 8.12. The van der Waals surface area contributed by atoms with Gasteiger partial charge in [0.05, 0.1) is 0 Å². The van der Waals surface area contributed by atoms with Gasteiger partial charge in [0.25, 0.3) is 0 Å². The van der Waals surface area contributed by atoms with Gasteiger partial charge in [-0.3, -0.25) is 4.90 Å². The Labute approximate surface area is 187 Å². The van der Waals surface area contributed by atoms with Gasteiger partial charge < -0.3 is 0 Å². The summed E-state index contributed by atoms with van der Waals surface area (Å²) in [6.45, 7) is 2.09. The molecule has 4 aromatic rings. The third-order valence-corrected chi connectivity index (χ3v) is 5.96. The van der Waals surface area contributed by atoms with Crippen LogP contribution in [0.1, 0.15) is 28.3 Å². The van der Waals surface area contributed by atoms with E-state index in [0.717, 1.165) is 32.4 Å². The van der Waals surface area contributed by atoms with Crippen molar-refractivity contribution >= 4 is 0 Å². The van der Waals surface area contributed by atoms with Crippen LogP contribution in [0.4, 0.5) is 0 Å². The molecule has 0 radical (unpaired) electrons. The molecule has 0 aliphatic carbocycles. The Morgan fingerprint density at radius 2 is 0.839 bits per heavy atom. The smallest absolute Gasteiger partial charge is 0.0388 e. The molecule has 1 atom stereocenters. The van der Waals surface area contributed by atoms with Crippen molar-refractivity contribution in [1.29, 1.82) is 0 Å². The second-order valence-electron chi connectivity index (χ2n) is 8.12. The summed E-state index contributed by atoms with van der Waals surface area (Å²) in [5, 5.41) is 0. The zero-order chi connectivity index (χ0) is 21.1. The average Bonchev–Trinajstić information content (AvgIpc) is 2.85. The second kappa shape index (κ2) is 11.3. The Kier molecular flexibility index (Phi) is 7.68. The van der Waals surface area contributed by atoms with Crippen molar-refractivity contribution in [3.8, 4) is 0 Å². The molecule has 0 saturated heterocycles. The Hall–Kier alpha value is -3.16. The molecule has 0 unspecified atom stereocenters. The normalized spacial score (nSPS) is 12.0. The quantitative estimate of drug-likeness (QED) is 0.282. The van der Waals surface area contributed by atoms with Crippen LogP contribution in [0.2, 0.25) is 0 Å². The van der Waals surface area contributed by atoms with Crippen molar-refractivity contribution in [3.63, 3.8) is 0 Å². The largest absolute Gasteiger partial charge is 0.295 e. The first-order valence-corrected chi connectivity index (χ1v) is 11.3. The third kappa shape index (κ3) is 6.41. The lowest BCUT2D eigenvalue weighted by molar-refractivity contribution is 0.200. The zero-order valence-electron chi connectivity index (χ0n) is 18.1. The van der Waals surface area contributed by atoms with E-state index >= 15 is 0 Å². The lowest BCUT2D eigenvalue weighted by Gasteiger charge is -2.33. The molecular formula is C30H31N. The first kappa shape index (κ1) is 21.1. The summed E-state index contributed by atoms with van der Waals surface area (Å²) < 4.78 is 0. The van der Waals surface area contributed by atoms with Crippen LogP contribution >= 0.6 is 0 Å². The van der Waals surface area contributed by atoms with Crippen molar-refractivity contribution in [3.05, 3.63) is 144 Å². The van der Waals surface area contributed by atoms with Gasteiger partial charge in [-0.2, -0.15) is 0 Å². The average molecular weight is 406 g/mol. The maximum Gasteiger partial charge on any atom is 0.0388 e. The molecule has 156 valence electrons. The first-order chi connectivity index (χ1) is 15.4. The highest BCUT2D eigenvalue weighted by Crippen LogP contribution is 2.26. The van der Waals surface area contributed by atoms with E-state index in [1.165, 1.54) is 22.3 Å². The number of nitrogens with zero attached hydrogens (tertiary/aromatic N) is 1. The van der Waals surface area contributed by atoms with Gasteiger partial charge in [-0.1, -0.05) is 121 Å². The molecule has 0 amide bonds. The van der Waals surface area contributed by atoms with E-state index in [1.807, 2.05) is 0 Å². The highest BCUT2D eigenvalue weighted by Gasteiger charge is 2.21. The number of hydrogen-bond donors (Lipinski definition) is 0. The fourth-order valence-corrected chi connectivity index (χ4v) is 4.23. The van der Waals surface area contributed by atoms with Crippen LogP contribution in [0.25, 0.3) is 0 Å². The summed E-state index contributed by atoms with van der Waals surface area (Å²) >= 11 is 0. The van der Waals surface area contributed by atoms with E-state index in [9.17, 15) is 0 Å². The Morgan fingerprint density at radius 3 is 1.29 bits per heavy atom. The van der Waals surface area contributed by atoms with Gasteiger partial charge in [-0.05, 0) is 41.5 Å². The molecule has 1 nitrogen and oxygen atoms in total. The predicted octanol–water partition coefficient (Wildman–Crippen LogP) is 6.76. The van der Waals surface area contributed by atoms with Crippen LogP contribution in [0.15, 0.2) is 121 Å². The van der Waals surface area contributed by atoms with Gasteiger partial charge in [0, 0.05) is 19.1 Å². The summed E-state index contributed by atoms with van der Waals surface area (Å²) in [7, 11) is 0. The lowest BCUT2D eigenvalue weighted by Crippen LogP contribution is -2.34. The highest BCUT2D eigenvalue weighted by molar-refractivity contribution is 5.25. The van der Waals surface area contributed by atoms with Crippen LogP contribution in [0, 0.1) is 0 Å². The molecule has 0 N–H and O–H groups in total. The minimum Gasteiger partial charge on any atom is -0.295 e. The molecule has 4 rings (SSSR count). The lowest BCUT2D eigenvalue weighted by atomic mass is 9.96. The zero-order valence-corrected chi connectivity index (χ0v) is 18.1. The molecule has 1 heteroatoms. The molecule has 0 fully saturated rings. The summed E-state index contributed by atoms with van der Waals surface area (Å²) in [5.74, 6) is 0. The standard InChI is InChI=1S/C30H31N/c1-5-13-26(14-6-1)21-23-31(24-22-27-15-7-2-8-16-27)30(29-19-11-4-12-20-29)25-28-17-9-3-10-18-28/h1-20,30H,21-25H2/t30-/m0/s1. The molecule has 0 aliphatic rings. The minimum atomic E-state index is 0.357. The maximum atomic E-state index is 2.68. The van der Waals surface area contributed by atoms with Gasteiger partial charge >= 0.3 is 0 Å². The Balaban J connectivity index is 1.58. The van der Waals surface area contributed by atoms with Gasteiger partial charge in [0.2, 0.25) is 0 Å². The van der Waals surface area contributed by atoms with E-state index in [0.29, 0.717) is 6.04 Å². The fourth-order valence-electron chi connectivity index (χ4n) is 4.23. The van der Waals surface area contributed by atoms with Crippen LogP contribution in [-0.4, -0.2) is 18.0 Å². The van der Waals surface area contributed by atoms with Crippen molar-refractivity contribution in [1.82, 2.24) is 4.90 Å². The van der Waals surface area contributed by atoms with Gasteiger partial charge in [-0.15, -0.1) is 0 Å². The Bertz CT molecular complexity index is 954. The molecule has 0 spiro atoms. The van der Waals surface area contributed by atoms with Crippen LogP contribution in [0.5, 0.6) is 0 Å². The summed E-state index contributed by atoms with van der Waals surface area (Å²) in [4.78, 5) is 2.68. The van der Waals surface area contributed by atoms with Crippen molar-refractivity contribution in [2.45, 2.75) is 25.3 Å². The summed E-state index contributed by atoms with van der Waals surface area (Å²) in [6.07, 6.45) is 3.15. The first-order valence-electron chi connectivity index (χ1n) is 11.3. The maximum absolute atomic E-state index is 2.68. The summed E-state index contributed by atoms with van der Waals surface area (Å²) in [6, 6.07) is 44.0. The van der Waals surface area contributed by atoms with E-state index in [2.05, 4.69) is 126 Å². The van der Waals surface area contributed by atoms with Gasteiger partial charge in [0.15, 0.2) is 0 Å². The topological polar surface area (TPSA) is 3.24 Å². The Morgan fingerprint density at radius 1 is 0.452 bits per heavy atom. The van der Waals surface area contributed by atoms with Crippen molar-refractivity contribution in [2.75, 3.05) is 13.1 Å². The van der Waals surface area contributed by atoms with E-state index in [1.54, 1.807) is 0 Å². The fraction of sp³-hybridized carbons (Fsp3) is 0.200. The molecule has 4 aromatic carbocycles. The van der Waals surface area contributed by atoms with Crippen molar-refractivity contribution in [2.24, 2.45) is 0 Å². The number of benzene rings is 4. The van der Waals surface area contributed by atoms with Crippen LogP contribution < -0.4 is 0 Å². The van der Waals surface area contributed by atoms with E-state index in [4.69, 9.17) is 0 Å². The van der Waals surface area contributed by atoms with E-state index < -0.39 is 0 Å². The molecular weight excluding hydrogens is 374 g/mol. The van der Waals surface area contributed by atoms with Crippen molar-refractivity contribution < 1.29 is 0 Å². The van der Waals surface area contributed by atoms with Gasteiger partial charge in [-0.25, -0.2) is 0 Å². The molecule has 0 aliphatic heterocycles. The predicted molar refractivity (Wildman–Crippen MR) is 131 cm³/mol. The van der Waals surface area contributed by atoms with E-state index in [-0.39, 0.29) is 0 Å². The molecule has 0 bridgehead atoms. The number of rotatable bonds is 10. The summed E-state index contributed by atoms with van der Waals surface area (Å²) in [5.41, 5.74) is 5.59. The van der Waals surface area contributed by atoms with Gasteiger partial charge in [0.1, 0.15) is 0 Å². The minimum absolute atomic E-state index is 0.357. The molecule has 31 heavy (non-hydrogen) atoms. The SMILES string of the molecule is c1ccc(CCN(CCc2ccccc2)[C@@H](Cc2ccccc2)c2ccccc2)cc1. The highest BCUT2D eigenvalue weighted by atomic mass is 15.1. The third-order valence-electron chi connectivity index (χ3n) is 5.96. The molecule has 0 saturated carbocycles. The molecule has 0 heterocycles.